The van der Waals surface area contributed by atoms with Gasteiger partial charge in [-0.2, -0.15) is 10.5 Å². The molecule has 154 valence electrons. The smallest absolute Gasteiger partial charge is 0.221 e. The van der Waals surface area contributed by atoms with E-state index in [0.717, 1.165) is 36.4 Å². The SMILES string of the molecule is CCc1c(C#N)c(Sc2ccccc2CC(N)=O)nc(N2CCC(N)CC2)c1C#N. The Bertz CT molecular complexity index is 1030. The van der Waals surface area contributed by atoms with E-state index in [4.69, 9.17) is 16.5 Å². The van der Waals surface area contributed by atoms with Gasteiger partial charge < -0.3 is 16.4 Å². The van der Waals surface area contributed by atoms with E-state index in [1.165, 1.54) is 11.8 Å². The van der Waals surface area contributed by atoms with E-state index in [9.17, 15) is 15.3 Å². The standard InChI is InChI=1S/C22H24N6OS/c1-2-16-17(12-23)21(28-9-7-15(25)8-10-28)27-22(18(16)13-24)30-19-6-4-3-5-14(19)11-20(26)29/h3-6,15H,2,7-11,25H2,1H3,(H2,26,29). The number of primary amides is 1. The second-order valence-corrected chi connectivity index (χ2v) is 8.25. The number of hydrogen-bond acceptors (Lipinski definition) is 7. The van der Waals surface area contributed by atoms with Gasteiger partial charge in [0, 0.05) is 24.0 Å². The Morgan fingerprint density at radius 1 is 1.23 bits per heavy atom. The molecule has 1 aliphatic rings. The predicted octanol–water partition coefficient (Wildman–Crippen LogP) is 2.49. The highest BCUT2D eigenvalue weighted by Crippen LogP contribution is 2.37. The van der Waals surface area contributed by atoms with E-state index >= 15 is 0 Å². The van der Waals surface area contributed by atoms with Crippen molar-refractivity contribution >= 4 is 23.5 Å². The highest BCUT2D eigenvalue weighted by atomic mass is 32.2. The van der Waals surface area contributed by atoms with Crippen LogP contribution in [0, 0.1) is 22.7 Å². The lowest BCUT2D eigenvalue weighted by Crippen LogP contribution is -2.40. The van der Waals surface area contributed by atoms with Crippen molar-refractivity contribution in [2.75, 3.05) is 18.0 Å². The maximum absolute atomic E-state index is 11.5. The van der Waals surface area contributed by atoms with E-state index in [1.54, 1.807) is 0 Å². The molecule has 1 fully saturated rings. The van der Waals surface area contributed by atoms with Crippen LogP contribution in [0.2, 0.25) is 0 Å². The molecule has 2 heterocycles. The lowest BCUT2D eigenvalue weighted by molar-refractivity contribution is -0.117. The second kappa shape index (κ2) is 9.62. The molecule has 0 saturated carbocycles. The molecule has 8 heteroatoms. The Hall–Kier alpha value is -3.07. The highest BCUT2D eigenvalue weighted by Gasteiger charge is 2.26. The molecule has 30 heavy (non-hydrogen) atoms. The second-order valence-electron chi connectivity index (χ2n) is 7.22. The minimum absolute atomic E-state index is 0.110. The lowest BCUT2D eigenvalue weighted by Gasteiger charge is -2.32. The number of anilines is 1. The van der Waals surface area contributed by atoms with Gasteiger partial charge in [0.05, 0.1) is 17.5 Å². The van der Waals surface area contributed by atoms with Crippen LogP contribution in [0.25, 0.3) is 0 Å². The zero-order valence-electron chi connectivity index (χ0n) is 16.9. The Balaban J connectivity index is 2.11. The van der Waals surface area contributed by atoms with Gasteiger partial charge in [0.1, 0.15) is 23.0 Å². The van der Waals surface area contributed by atoms with Crippen molar-refractivity contribution in [1.29, 1.82) is 10.5 Å². The molecule has 3 rings (SSSR count). The summed E-state index contributed by atoms with van der Waals surface area (Å²) in [6.45, 7) is 3.38. The molecule has 1 aromatic heterocycles. The monoisotopic (exact) mass is 420 g/mol. The summed E-state index contributed by atoms with van der Waals surface area (Å²) in [6, 6.07) is 12.1. The van der Waals surface area contributed by atoms with E-state index in [0.29, 0.717) is 34.0 Å². The number of amides is 1. The molecule has 0 spiro atoms. The molecule has 1 saturated heterocycles. The fourth-order valence-electron chi connectivity index (χ4n) is 3.64. The average Bonchev–Trinajstić information content (AvgIpc) is 2.74. The number of pyridine rings is 1. The van der Waals surface area contributed by atoms with Crippen LogP contribution in [-0.2, 0) is 17.6 Å². The third-order valence-electron chi connectivity index (χ3n) is 5.21. The first-order chi connectivity index (χ1) is 14.5. The van der Waals surface area contributed by atoms with E-state index in [1.807, 2.05) is 31.2 Å². The highest BCUT2D eigenvalue weighted by molar-refractivity contribution is 7.99. The largest absolute Gasteiger partial charge is 0.369 e. The Morgan fingerprint density at radius 2 is 1.90 bits per heavy atom. The summed E-state index contributed by atoms with van der Waals surface area (Å²) in [5.41, 5.74) is 13.8. The van der Waals surface area contributed by atoms with Gasteiger partial charge in [-0.05, 0) is 36.5 Å². The molecule has 4 N–H and O–H groups in total. The van der Waals surface area contributed by atoms with Gasteiger partial charge in [0.25, 0.3) is 0 Å². The number of nitrogens with zero attached hydrogens (tertiary/aromatic N) is 4. The van der Waals surface area contributed by atoms with Crippen LogP contribution in [0.3, 0.4) is 0 Å². The Kier molecular flexibility index (Phi) is 6.94. The van der Waals surface area contributed by atoms with Crippen molar-refractivity contribution in [3.05, 3.63) is 46.5 Å². The van der Waals surface area contributed by atoms with Crippen molar-refractivity contribution in [3.8, 4) is 12.1 Å². The number of carbonyl (C=O) groups is 1. The topological polar surface area (TPSA) is 133 Å². The normalized spacial score (nSPS) is 14.2. The number of benzene rings is 1. The fraction of sp³-hybridized carbons (Fsp3) is 0.364. The van der Waals surface area contributed by atoms with Crippen LogP contribution in [0.15, 0.2) is 34.2 Å². The lowest BCUT2D eigenvalue weighted by atomic mass is 10.00. The number of carbonyl (C=O) groups excluding carboxylic acids is 1. The quantitative estimate of drug-likeness (QED) is 0.733. The minimum atomic E-state index is -0.420. The third-order valence-corrected chi connectivity index (χ3v) is 6.32. The molecule has 0 aliphatic carbocycles. The number of aromatic nitrogens is 1. The third kappa shape index (κ3) is 4.56. The van der Waals surface area contributed by atoms with Gasteiger partial charge >= 0.3 is 0 Å². The van der Waals surface area contributed by atoms with Gasteiger partial charge in [0.15, 0.2) is 0 Å². The summed E-state index contributed by atoms with van der Waals surface area (Å²) in [5.74, 6) is 0.186. The van der Waals surface area contributed by atoms with Gasteiger partial charge in [-0.25, -0.2) is 4.98 Å². The van der Waals surface area contributed by atoms with Crippen LogP contribution < -0.4 is 16.4 Å². The molecular formula is C22H24N6OS. The van der Waals surface area contributed by atoms with Crippen LogP contribution in [0.4, 0.5) is 5.82 Å². The number of nitriles is 2. The summed E-state index contributed by atoms with van der Waals surface area (Å²) in [7, 11) is 0. The average molecular weight is 421 g/mol. The zero-order valence-corrected chi connectivity index (χ0v) is 17.7. The van der Waals surface area contributed by atoms with Crippen LogP contribution in [0.1, 0.15) is 42.0 Å². The van der Waals surface area contributed by atoms with E-state index in [2.05, 4.69) is 17.0 Å². The molecule has 1 aliphatic heterocycles. The molecule has 1 amide bonds. The first kappa shape index (κ1) is 21.6. The molecule has 0 unspecified atom stereocenters. The van der Waals surface area contributed by atoms with Crippen molar-refractivity contribution < 1.29 is 4.79 Å². The number of rotatable bonds is 6. The van der Waals surface area contributed by atoms with E-state index in [-0.39, 0.29) is 12.5 Å². The molecule has 7 nitrogen and oxygen atoms in total. The van der Waals surface area contributed by atoms with Crippen molar-refractivity contribution in [2.45, 2.75) is 48.6 Å². The molecule has 1 aromatic carbocycles. The Morgan fingerprint density at radius 3 is 2.50 bits per heavy atom. The maximum Gasteiger partial charge on any atom is 0.221 e. The summed E-state index contributed by atoms with van der Waals surface area (Å²) < 4.78 is 0. The van der Waals surface area contributed by atoms with Gasteiger partial charge in [-0.3, -0.25) is 4.79 Å². The van der Waals surface area contributed by atoms with Crippen LogP contribution in [-0.4, -0.2) is 30.0 Å². The molecular weight excluding hydrogens is 396 g/mol. The van der Waals surface area contributed by atoms with Gasteiger partial charge in [-0.15, -0.1) is 0 Å². The number of hydrogen-bond donors (Lipinski definition) is 2. The number of piperidine rings is 1. The Labute approximate surface area is 180 Å². The summed E-state index contributed by atoms with van der Waals surface area (Å²) in [4.78, 5) is 19.1. The minimum Gasteiger partial charge on any atom is -0.369 e. The molecule has 0 radical (unpaired) electrons. The van der Waals surface area contributed by atoms with Crippen LogP contribution in [0.5, 0.6) is 0 Å². The fourth-order valence-corrected chi connectivity index (χ4v) is 4.67. The summed E-state index contributed by atoms with van der Waals surface area (Å²) in [6.07, 6.45) is 2.32. The maximum atomic E-state index is 11.5. The van der Waals surface area contributed by atoms with Gasteiger partial charge in [-0.1, -0.05) is 36.9 Å². The van der Waals surface area contributed by atoms with E-state index < -0.39 is 5.91 Å². The first-order valence-electron chi connectivity index (χ1n) is 9.90. The van der Waals surface area contributed by atoms with Crippen molar-refractivity contribution in [1.82, 2.24) is 4.98 Å². The van der Waals surface area contributed by atoms with Crippen LogP contribution >= 0.6 is 11.8 Å². The number of nitrogens with two attached hydrogens (primary N) is 2. The predicted molar refractivity (Wildman–Crippen MR) is 116 cm³/mol. The molecule has 0 bridgehead atoms. The molecule has 2 aromatic rings. The zero-order chi connectivity index (χ0) is 21.7. The first-order valence-corrected chi connectivity index (χ1v) is 10.7. The van der Waals surface area contributed by atoms with Crippen molar-refractivity contribution in [2.24, 2.45) is 11.5 Å². The van der Waals surface area contributed by atoms with Crippen molar-refractivity contribution in [3.63, 3.8) is 0 Å². The van der Waals surface area contributed by atoms with Gasteiger partial charge in [0.2, 0.25) is 5.91 Å². The summed E-state index contributed by atoms with van der Waals surface area (Å²) in [5, 5.41) is 20.2. The summed E-state index contributed by atoms with van der Waals surface area (Å²) >= 11 is 1.33. The molecule has 0 atom stereocenters.